The van der Waals surface area contributed by atoms with E-state index >= 15 is 0 Å². The molecule has 3 aromatic rings. The van der Waals surface area contributed by atoms with E-state index < -0.39 is 10.0 Å². The van der Waals surface area contributed by atoms with E-state index in [1.807, 2.05) is 26.8 Å². The number of benzene rings is 2. The van der Waals surface area contributed by atoms with Crippen molar-refractivity contribution < 1.29 is 22.4 Å². The quantitative estimate of drug-likeness (QED) is 0.536. The highest BCUT2D eigenvalue weighted by Gasteiger charge is 2.30. The van der Waals surface area contributed by atoms with Crippen molar-refractivity contribution in [2.45, 2.75) is 51.9 Å². The summed E-state index contributed by atoms with van der Waals surface area (Å²) in [6.07, 6.45) is 3.04. The third-order valence-corrected chi connectivity index (χ3v) is 7.75. The van der Waals surface area contributed by atoms with Gasteiger partial charge in [0.15, 0.2) is 11.3 Å². The molecule has 1 saturated heterocycles. The summed E-state index contributed by atoms with van der Waals surface area (Å²) in [5.41, 5.74) is 2.60. The van der Waals surface area contributed by atoms with Gasteiger partial charge < -0.3 is 14.1 Å². The number of hydrogen-bond donors (Lipinski definition) is 1. The minimum Gasteiger partial charge on any atom is -0.492 e. The standard InChI is InChI=1S/C25H30N2O5S/c1-5-31-21-12-8-7-11-20(21)26-33(29,30)24-17(3)16(2)15-19-18(4)22(32-23(19)24)25(28)27-13-9-6-10-14-27/h7-8,11-12,15,26H,5-6,9-10,13-14H2,1-4H3. The van der Waals surface area contributed by atoms with Gasteiger partial charge in [0.25, 0.3) is 15.9 Å². The minimum absolute atomic E-state index is 0.0459. The number of nitrogens with zero attached hydrogens (tertiary/aromatic N) is 1. The monoisotopic (exact) mass is 470 g/mol. The smallest absolute Gasteiger partial charge is 0.289 e. The third kappa shape index (κ3) is 4.31. The third-order valence-electron chi connectivity index (χ3n) is 6.23. The Hall–Kier alpha value is -3.00. The minimum atomic E-state index is -4.04. The van der Waals surface area contributed by atoms with Crippen molar-refractivity contribution in [1.29, 1.82) is 0 Å². The van der Waals surface area contributed by atoms with Gasteiger partial charge in [0.1, 0.15) is 10.6 Å². The molecule has 2 heterocycles. The Kier molecular flexibility index (Phi) is 6.38. The highest BCUT2D eigenvalue weighted by Crippen LogP contribution is 2.37. The van der Waals surface area contributed by atoms with Gasteiger partial charge in [-0.15, -0.1) is 0 Å². The Balaban J connectivity index is 1.83. The number of carbonyl (C=O) groups is 1. The van der Waals surface area contributed by atoms with Gasteiger partial charge in [0.05, 0.1) is 12.3 Å². The van der Waals surface area contributed by atoms with Crippen molar-refractivity contribution in [3.8, 4) is 5.75 Å². The van der Waals surface area contributed by atoms with Crippen LogP contribution in [0, 0.1) is 20.8 Å². The highest BCUT2D eigenvalue weighted by atomic mass is 32.2. The van der Waals surface area contributed by atoms with E-state index in [2.05, 4.69) is 4.72 Å². The fourth-order valence-electron chi connectivity index (χ4n) is 4.34. The highest BCUT2D eigenvalue weighted by molar-refractivity contribution is 7.93. The van der Waals surface area contributed by atoms with Crippen LogP contribution in [0.15, 0.2) is 39.6 Å². The lowest BCUT2D eigenvalue weighted by Gasteiger charge is -2.25. The molecule has 0 saturated carbocycles. The molecule has 0 radical (unpaired) electrons. The average Bonchev–Trinajstić information content (AvgIpc) is 3.11. The molecule has 0 aliphatic carbocycles. The number of likely N-dealkylation sites (tertiary alicyclic amines) is 1. The molecule has 33 heavy (non-hydrogen) atoms. The van der Waals surface area contributed by atoms with Crippen LogP contribution in [0.25, 0.3) is 11.0 Å². The SMILES string of the molecule is CCOc1ccccc1NS(=O)(=O)c1c(C)c(C)cc2c(C)c(C(=O)N3CCCCC3)oc12. The van der Waals surface area contributed by atoms with E-state index in [1.165, 1.54) is 0 Å². The lowest BCUT2D eigenvalue weighted by molar-refractivity contribution is 0.0693. The molecule has 1 aliphatic rings. The number of rotatable bonds is 6. The van der Waals surface area contributed by atoms with Gasteiger partial charge in [0.2, 0.25) is 0 Å². The molecule has 1 N–H and O–H groups in total. The van der Waals surface area contributed by atoms with E-state index in [0.29, 0.717) is 47.6 Å². The van der Waals surface area contributed by atoms with E-state index in [4.69, 9.17) is 9.15 Å². The first-order valence-corrected chi connectivity index (χ1v) is 12.8. The van der Waals surface area contributed by atoms with Crippen LogP contribution < -0.4 is 9.46 Å². The number of fused-ring (bicyclic) bond motifs is 1. The van der Waals surface area contributed by atoms with Gasteiger partial charge in [-0.25, -0.2) is 8.42 Å². The van der Waals surface area contributed by atoms with Crippen LogP contribution in [0.3, 0.4) is 0 Å². The molecule has 7 nitrogen and oxygen atoms in total. The summed E-state index contributed by atoms with van der Waals surface area (Å²) in [6, 6.07) is 8.79. The predicted octanol–water partition coefficient (Wildman–Crippen LogP) is 5.18. The van der Waals surface area contributed by atoms with E-state index in [0.717, 1.165) is 24.8 Å². The Morgan fingerprint density at radius 3 is 2.48 bits per heavy atom. The number of anilines is 1. The van der Waals surface area contributed by atoms with Crippen LogP contribution in [-0.2, 0) is 10.0 Å². The van der Waals surface area contributed by atoms with Crippen LogP contribution >= 0.6 is 0 Å². The number of para-hydroxylation sites is 2. The zero-order valence-corrected chi connectivity index (χ0v) is 20.3. The fraction of sp³-hybridized carbons (Fsp3) is 0.400. The van der Waals surface area contributed by atoms with Crippen molar-refractivity contribution in [2.24, 2.45) is 0 Å². The van der Waals surface area contributed by atoms with Gasteiger partial charge in [-0.1, -0.05) is 12.1 Å². The first kappa shape index (κ1) is 23.2. The molecule has 1 fully saturated rings. The summed E-state index contributed by atoms with van der Waals surface area (Å²) in [4.78, 5) is 15.0. The maximum Gasteiger partial charge on any atom is 0.289 e. The lowest BCUT2D eigenvalue weighted by Crippen LogP contribution is -2.35. The van der Waals surface area contributed by atoms with Crippen LogP contribution in [0.2, 0.25) is 0 Å². The Morgan fingerprint density at radius 2 is 1.79 bits per heavy atom. The average molecular weight is 471 g/mol. The molecule has 0 unspecified atom stereocenters. The summed E-state index contributed by atoms with van der Waals surface area (Å²) in [6.45, 7) is 9.05. The van der Waals surface area contributed by atoms with Crippen molar-refractivity contribution in [3.63, 3.8) is 0 Å². The predicted molar refractivity (Wildman–Crippen MR) is 129 cm³/mol. The summed E-state index contributed by atoms with van der Waals surface area (Å²) >= 11 is 0. The summed E-state index contributed by atoms with van der Waals surface area (Å²) in [5, 5.41) is 0.636. The van der Waals surface area contributed by atoms with Gasteiger partial charge in [-0.3, -0.25) is 9.52 Å². The van der Waals surface area contributed by atoms with Crippen molar-refractivity contribution in [2.75, 3.05) is 24.4 Å². The molecular formula is C25H30N2O5S. The molecular weight excluding hydrogens is 440 g/mol. The second-order valence-electron chi connectivity index (χ2n) is 8.47. The van der Waals surface area contributed by atoms with Crippen molar-refractivity contribution in [3.05, 3.63) is 52.8 Å². The number of amides is 1. The van der Waals surface area contributed by atoms with Crippen LogP contribution in [-0.4, -0.2) is 38.9 Å². The zero-order valence-electron chi connectivity index (χ0n) is 19.5. The number of furan rings is 1. The first-order chi connectivity index (χ1) is 15.7. The maximum absolute atomic E-state index is 13.6. The number of hydrogen-bond acceptors (Lipinski definition) is 5. The van der Waals surface area contributed by atoms with E-state index in [9.17, 15) is 13.2 Å². The first-order valence-electron chi connectivity index (χ1n) is 11.3. The molecule has 0 bridgehead atoms. The van der Waals surface area contributed by atoms with Crippen molar-refractivity contribution >= 4 is 32.6 Å². The molecule has 0 spiro atoms. The van der Waals surface area contributed by atoms with Gasteiger partial charge in [-0.2, -0.15) is 0 Å². The molecule has 2 aromatic carbocycles. The second-order valence-corrected chi connectivity index (χ2v) is 10.1. The van der Waals surface area contributed by atoms with Crippen molar-refractivity contribution in [1.82, 2.24) is 4.90 Å². The normalized spacial score (nSPS) is 14.5. The van der Waals surface area contributed by atoms with Crippen LogP contribution in [0.5, 0.6) is 5.75 Å². The second kappa shape index (κ2) is 9.09. The lowest BCUT2D eigenvalue weighted by atomic mass is 10.0. The summed E-state index contributed by atoms with van der Waals surface area (Å²) < 4.78 is 41.5. The van der Waals surface area contributed by atoms with Crippen LogP contribution in [0.4, 0.5) is 5.69 Å². The van der Waals surface area contributed by atoms with Gasteiger partial charge in [-0.05, 0) is 76.3 Å². The molecule has 8 heteroatoms. The molecule has 1 aromatic heterocycles. The van der Waals surface area contributed by atoms with Gasteiger partial charge >= 0.3 is 0 Å². The maximum atomic E-state index is 13.6. The Labute approximate surface area is 194 Å². The van der Waals surface area contributed by atoms with E-state index in [-0.39, 0.29) is 22.1 Å². The molecule has 4 rings (SSSR count). The molecule has 0 atom stereocenters. The summed E-state index contributed by atoms with van der Waals surface area (Å²) in [5.74, 6) is 0.474. The number of sulfonamides is 1. The largest absolute Gasteiger partial charge is 0.492 e. The Bertz CT molecular complexity index is 1300. The number of ether oxygens (including phenoxy) is 1. The number of piperidine rings is 1. The fourth-order valence-corrected chi connectivity index (χ4v) is 5.86. The molecule has 1 amide bonds. The number of aryl methyl sites for hydroxylation is 2. The Morgan fingerprint density at radius 1 is 1.09 bits per heavy atom. The van der Waals surface area contributed by atoms with Crippen LogP contribution in [0.1, 0.15) is 53.4 Å². The topological polar surface area (TPSA) is 88.8 Å². The molecule has 176 valence electrons. The van der Waals surface area contributed by atoms with E-state index in [1.54, 1.807) is 36.1 Å². The zero-order chi connectivity index (χ0) is 23.8. The number of nitrogens with one attached hydrogen (secondary N) is 1. The van der Waals surface area contributed by atoms with Gasteiger partial charge in [0, 0.05) is 24.0 Å². The number of carbonyl (C=O) groups excluding carboxylic acids is 1. The summed E-state index contributed by atoms with van der Waals surface area (Å²) in [7, 11) is -4.04. The molecule has 1 aliphatic heterocycles.